The third-order valence-corrected chi connectivity index (χ3v) is 4.62. The number of carbonyl (C=O) groups is 2. The van der Waals surface area contributed by atoms with Crippen molar-refractivity contribution in [1.29, 1.82) is 0 Å². The molecule has 6 heteroatoms. The highest BCUT2D eigenvalue weighted by Crippen LogP contribution is 2.30. The Morgan fingerprint density at radius 1 is 1.23 bits per heavy atom. The van der Waals surface area contributed by atoms with Gasteiger partial charge in [-0.25, -0.2) is 9.18 Å². The monoisotopic (exact) mass is 306 g/mol. The van der Waals surface area contributed by atoms with Crippen LogP contribution in [0.3, 0.4) is 0 Å². The minimum absolute atomic E-state index is 0.000657. The first-order valence-electron chi connectivity index (χ1n) is 7.64. The Labute approximate surface area is 128 Å². The third kappa shape index (κ3) is 2.77. The van der Waals surface area contributed by atoms with Gasteiger partial charge in [0, 0.05) is 18.2 Å². The molecule has 0 bridgehead atoms. The van der Waals surface area contributed by atoms with Crippen LogP contribution >= 0.6 is 0 Å². The van der Waals surface area contributed by atoms with E-state index in [0.717, 1.165) is 0 Å². The number of nitrogens with zero attached hydrogens (tertiary/aromatic N) is 1. The van der Waals surface area contributed by atoms with Crippen LogP contribution in [-0.4, -0.2) is 29.7 Å². The molecule has 0 aromatic heterocycles. The number of aliphatic carboxylic acids is 1. The van der Waals surface area contributed by atoms with E-state index in [-0.39, 0.29) is 23.8 Å². The molecule has 1 heterocycles. The lowest BCUT2D eigenvalue weighted by Crippen LogP contribution is -2.46. The Bertz CT molecular complexity index is 597. The third-order valence-electron chi connectivity index (χ3n) is 4.62. The second-order valence-corrected chi connectivity index (χ2v) is 5.98. The van der Waals surface area contributed by atoms with Gasteiger partial charge in [0.2, 0.25) is 0 Å². The van der Waals surface area contributed by atoms with E-state index in [4.69, 9.17) is 5.11 Å². The van der Waals surface area contributed by atoms with Gasteiger partial charge in [0.1, 0.15) is 5.82 Å². The number of carbonyl (C=O) groups excluding carboxylic acids is 1. The maximum absolute atomic E-state index is 13.7. The highest BCUT2D eigenvalue weighted by molar-refractivity contribution is 5.94. The van der Waals surface area contributed by atoms with Crippen LogP contribution in [0.1, 0.15) is 31.2 Å². The SMILES string of the molecule is O=C(O)C1CCC(NC(=O)N2CCc3c(F)cccc32)CC1. The molecule has 3 rings (SSSR count). The molecule has 22 heavy (non-hydrogen) atoms. The zero-order valence-electron chi connectivity index (χ0n) is 12.2. The lowest BCUT2D eigenvalue weighted by molar-refractivity contribution is -0.142. The largest absolute Gasteiger partial charge is 0.481 e. The molecule has 0 atom stereocenters. The van der Waals surface area contributed by atoms with Crippen molar-refractivity contribution in [2.24, 2.45) is 5.92 Å². The second-order valence-electron chi connectivity index (χ2n) is 5.98. The van der Waals surface area contributed by atoms with Crippen LogP contribution in [0.5, 0.6) is 0 Å². The Morgan fingerprint density at radius 3 is 2.64 bits per heavy atom. The standard InChI is InChI=1S/C16H19FN2O3/c17-13-2-1-3-14-12(13)8-9-19(14)16(22)18-11-6-4-10(5-7-11)15(20)21/h1-3,10-11H,4-9H2,(H,18,22)(H,20,21). The average molecular weight is 306 g/mol. The fourth-order valence-electron chi connectivity index (χ4n) is 3.34. The van der Waals surface area contributed by atoms with Gasteiger partial charge in [-0.15, -0.1) is 0 Å². The van der Waals surface area contributed by atoms with E-state index in [0.29, 0.717) is 49.9 Å². The fourth-order valence-corrected chi connectivity index (χ4v) is 3.34. The zero-order chi connectivity index (χ0) is 15.7. The summed E-state index contributed by atoms with van der Waals surface area (Å²) in [5, 5.41) is 11.9. The maximum Gasteiger partial charge on any atom is 0.322 e. The quantitative estimate of drug-likeness (QED) is 0.882. The van der Waals surface area contributed by atoms with Crippen molar-refractivity contribution >= 4 is 17.7 Å². The number of nitrogens with one attached hydrogen (secondary N) is 1. The highest BCUT2D eigenvalue weighted by Gasteiger charge is 2.30. The number of hydrogen-bond acceptors (Lipinski definition) is 2. The average Bonchev–Trinajstić information content (AvgIpc) is 2.93. The number of fused-ring (bicyclic) bond motifs is 1. The Morgan fingerprint density at radius 2 is 1.95 bits per heavy atom. The molecular weight excluding hydrogens is 287 g/mol. The number of amides is 2. The molecule has 1 fully saturated rings. The van der Waals surface area contributed by atoms with Crippen molar-refractivity contribution in [2.45, 2.75) is 38.1 Å². The summed E-state index contributed by atoms with van der Waals surface area (Å²) in [7, 11) is 0. The first kappa shape index (κ1) is 14.8. The molecule has 1 aliphatic heterocycles. The molecule has 2 amide bonds. The van der Waals surface area contributed by atoms with Crippen molar-refractivity contribution < 1.29 is 19.1 Å². The Kier molecular flexibility index (Phi) is 4.00. The lowest BCUT2D eigenvalue weighted by Gasteiger charge is -2.29. The van der Waals surface area contributed by atoms with Gasteiger partial charge in [0.25, 0.3) is 0 Å². The van der Waals surface area contributed by atoms with Crippen LogP contribution in [0, 0.1) is 11.7 Å². The second kappa shape index (κ2) is 5.94. The zero-order valence-corrected chi connectivity index (χ0v) is 12.2. The van der Waals surface area contributed by atoms with Gasteiger partial charge in [0.05, 0.1) is 11.6 Å². The van der Waals surface area contributed by atoms with Gasteiger partial charge in [-0.3, -0.25) is 9.69 Å². The molecule has 5 nitrogen and oxygen atoms in total. The van der Waals surface area contributed by atoms with Crippen molar-refractivity contribution in [3.8, 4) is 0 Å². The van der Waals surface area contributed by atoms with Crippen molar-refractivity contribution in [1.82, 2.24) is 5.32 Å². The van der Waals surface area contributed by atoms with E-state index < -0.39 is 5.97 Å². The highest BCUT2D eigenvalue weighted by atomic mass is 19.1. The molecule has 118 valence electrons. The summed E-state index contributed by atoms with van der Waals surface area (Å²) in [5.41, 5.74) is 1.23. The number of carboxylic acids is 1. The van der Waals surface area contributed by atoms with E-state index >= 15 is 0 Å². The van der Waals surface area contributed by atoms with Crippen LogP contribution < -0.4 is 10.2 Å². The number of carboxylic acid groups (broad SMARTS) is 1. The van der Waals surface area contributed by atoms with Gasteiger partial charge >= 0.3 is 12.0 Å². The predicted molar refractivity (Wildman–Crippen MR) is 79.4 cm³/mol. The van der Waals surface area contributed by atoms with Crippen LogP contribution in [0.25, 0.3) is 0 Å². The summed E-state index contributed by atoms with van der Waals surface area (Å²) in [5.74, 6) is -1.32. The van der Waals surface area contributed by atoms with Gasteiger partial charge in [-0.1, -0.05) is 6.07 Å². The van der Waals surface area contributed by atoms with E-state index in [9.17, 15) is 14.0 Å². The molecular formula is C16H19FN2O3. The topological polar surface area (TPSA) is 69.6 Å². The summed E-state index contributed by atoms with van der Waals surface area (Å²) >= 11 is 0. The fraction of sp³-hybridized carbons (Fsp3) is 0.500. The molecule has 0 spiro atoms. The Hall–Kier alpha value is -2.11. The number of rotatable bonds is 2. The molecule has 0 unspecified atom stereocenters. The number of benzene rings is 1. The van der Waals surface area contributed by atoms with Gasteiger partial charge < -0.3 is 10.4 Å². The molecule has 2 aliphatic rings. The van der Waals surface area contributed by atoms with E-state index in [1.165, 1.54) is 6.07 Å². The van der Waals surface area contributed by atoms with Gasteiger partial charge in [0.15, 0.2) is 0 Å². The van der Waals surface area contributed by atoms with Crippen molar-refractivity contribution in [3.63, 3.8) is 0 Å². The lowest BCUT2D eigenvalue weighted by atomic mass is 9.86. The molecule has 0 saturated heterocycles. The Balaban J connectivity index is 1.61. The molecule has 1 aromatic carbocycles. The summed E-state index contributed by atoms with van der Waals surface area (Å²) in [6.45, 7) is 0.479. The van der Waals surface area contributed by atoms with Crippen LogP contribution in [-0.2, 0) is 11.2 Å². The smallest absolute Gasteiger partial charge is 0.322 e. The summed E-state index contributed by atoms with van der Waals surface area (Å²) in [6, 6.07) is 4.56. The molecule has 1 saturated carbocycles. The summed E-state index contributed by atoms with van der Waals surface area (Å²) in [6.07, 6.45) is 3.05. The predicted octanol–water partition coefficient (Wildman–Crippen LogP) is 2.54. The van der Waals surface area contributed by atoms with Crippen molar-refractivity contribution in [2.75, 3.05) is 11.4 Å². The first-order chi connectivity index (χ1) is 10.6. The normalized spacial score (nSPS) is 24.0. The van der Waals surface area contributed by atoms with Crippen molar-refractivity contribution in [3.05, 3.63) is 29.6 Å². The minimum atomic E-state index is -0.756. The van der Waals surface area contributed by atoms with Crippen LogP contribution in [0.2, 0.25) is 0 Å². The van der Waals surface area contributed by atoms with Crippen LogP contribution in [0.4, 0.5) is 14.9 Å². The minimum Gasteiger partial charge on any atom is -0.481 e. The molecule has 0 radical (unpaired) electrons. The van der Waals surface area contributed by atoms with Gasteiger partial charge in [-0.05, 0) is 44.2 Å². The number of urea groups is 1. The van der Waals surface area contributed by atoms with Gasteiger partial charge in [-0.2, -0.15) is 0 Å². The molecule has 1 aliphatic carbocycles. The van der Waals surface area contributed by atoms with E-state index in [1.807, 2.05) is 0 Å². The van der Waals surface area contributed by atoms with E-state index in [2.05, 4.69) is 5.32 Å². The number of hydrogen-bond donors (Lipinski definition) is 2. The van der Waals surface area contributed by atoms with Crippen LogP contribution in [0.15, 0.2) is 18.2 Å². The summed E-state index contributed by atoms with van der Waals surface area (Å²) < 4.78 is 13.7. The number of halogens is 1. The molecule has 1 aromatic rings. The molecule has 2 N–H and O–H groups in total. The maximum atomic E-state index is 13.7. The first-order valence-corrected chi connectivity index (χ1v) is 7.64. The van der Waals surface area contributed by atoms with E-state index in [1.54, 1.807) is 17.0 Å². The number of anilines is 1. The summed E-state index contributed by atoms with van der Waals surface area (Å²) in [4.78, 5) is 24.9.